The van der Waals surface area contributed by atoms with Crippen molar-refractivity contribution < 1.29 is 19.1 Å². The van der Waals surface area contributed by atoms with Crippen LogP contribution >= 0.6 is 23.8 Å². The van der Waals surface area contributed by atoms with Crippen LogP contribution in [0.3, 0.4) is 0 Å². The molecule has 176 valence electrons. The van der Waals surface area contributed by atoms with Gasteiger partial charge in [0.05, 0.1) is 23.7 Å². The van der Waals surface area contributed by atoms with E-state index < -0.39 is 11.9 Å². The molecule has 0 aliphatic carbocycles. The van der Waals surface area contributed by atoms with Crippen LogP contribution in [-0.2, 0) is 25.5 Å². The van der Waals surface area contributed by atoms with E-state index >= 15 is 0 Å². The summed E-state index contributed by atoms with van der Waals surface area (Å²) in [5.74, 6) is -0.957. The third kappa shape index (κ3) is 10.5. The van der Waals surface area contributed by atoms with Crippen LogP contribution in [-0.4, -0.2) is 29.5 Å². The van der Waals surface area contributed by atoms with E-state index in [0.717, 1.165) is 12.8 Å². The zero-order valence-electron chi connectivity index (χ0n) is 18.5. The smallest absolute Gasteiger partial charge is 0.306 e. The second-order valence-corrected chi connectivity index (χ2v) is 8.12. The quantitative estimate of drug-likeness (QED) is 0.237. The largest absolute Gasteiger partial charge is 0.466 e. The molecule has 2 amide bonds. The lowest BCUT2D eigenvalue weighted by molar-refractivity contribution is -0.145. The van der Waals surface area contributed by atoms with Crippen molar-refractivity contribution in [3.8, 4) is 0 Å². The molecule has 7 nitrogen and oxygen atoms in total. The molecule has 2 rings (SSSR count). The van der Waals surface area contributed by atoms with E-state index in [1.165, 1.54) is 5.56 Å². The Kier molecular flexibility index (Phi) is 11.3. The third-order valence-electron chi connectivity index (χ3n) is 4.50. The van der Waals surface area contributed by atoms with Gasteiger partial charge in [0.25, 0.3) is 0 Å². The summed E-state index contributed by atoms with van der Waals surface area (Å²) in [7, 11) is 0. The molecule has 2 aromatic rings. The molecule has 0 atom stereocenters. The van der Waals surface area contributed by atoms with Crippen LogP contribution in [0.15, 0.2) is 48.5 Å². The molecule has 0 radical (unpaired) electrons. The molecule has 0 saturated carbocycles. The number of ether oxygens (including phenoxy) is 1. The van der Waals surface area contributed by atoms with Crippen molar-refractivity contribution in [2.45, 2.75) is 45.4 Å². The molecule has 0 fully saturated rings. The number of anilines is 2. The summed E-state index contributed by atoms with van der Waals surface area (Å²) in [6.45, 7) is 2.22. The number of rotatable bonds is 11. The van der Waals surface area contributed by atoms with Crippen molar-refractivity contribution in [1.82, 2.24) is 5.32 Å². The fourth-order valence-corrected chi connectivity index (χ4v) is 3.28. The number of aryl methyl sites for hydroxylation is 1. The molecule has 33 heavy (non-hydrogen) atoms. The van der Waals surface area contributed by atoms with Gasteiger partial charge >= 0.3 is 5.97 Å². The second kappa shape index (κ2) is 14.2. The van der Waals surface area contributed by atoms with Crippen LogP contribution in [0.25, 0.3) is 0 Å². The van der Waals surface area contributed by atoms with Gasteiger partial charge in [-0.3, -0.25) is 14.4 Å². The number of hydrogen-bond acceptors (Lipinski definition) is 5. The Morgan fingerprint density at radius 1 is 0.970 bits per heavy atom. The molecule has 0 aliphatic rings. The highest BCUT2D eigenvalue weighted by atomic mass is 35.5. The van der Waals surface area contributed by atoms with Crippen molar-refractivity contribution in [1.29, 1.82) is 0 Å². The molecule has 0 unspecified atom stereocenters. The molecule has 0 heterocycles. The summed E-state index contributed by atoms with van der Waals surface area (Å²) in [5, 5.41) is 8.52. The second-order valence-electron chi connectivity index (χ2n) is 7.30. The molecule has 0 spiro atoms. The fraction of sp³-hybridized carbons (Fsp3) is 0.333. The van der Waals surface area contributed by atoms with Gasteiger partial charge < -0.3 is 20.7 Å². The maximum atomic E-state index is 12.1. The van der Waals surface area contributed by atoms with E-state index in [4.69, 9.17) is 28.6 Å². The number of thiocarbonyl (C=S) groups is 1. The van der Waals surface area contributed by atoms with E-state index in [2.05, 4.69) is 16.0 Å². The highest BCUT2D eigenvalue weighted by molar-refractivity contribution is 7.80. The van der Waals surface area contributed by atoms with E-state index in [1.807, 2.05) is 37.3 Å². The lowest BCUT2D eigenvalue weighted by Crippen LogP contribution is -2.34. The van der Waals surface area contributed by atoms with Gasteiger partial charge in [0, 0.05) is 18.5 Å². The van der Waals surface area contributed by atoms with Gasteiger partial charge in [-0.05, 0) is 55.2 Å². The number of carbonyl (C=O) groups is 3. The van der Waals surface area contributed by atoms with E-state index in [-0.39, 0.29) is 23.9 Å². The summed E-state index contributed by atoms with van der Waals surface area (Å²) < 4.78 is 5.17. The summed E-state index contributed by atoms with van der Waals surface area (Å²) >= 11 is 11.3. The first-order chi connectivity index (χ1) is 15.9. The Labute approximate surface area is 204 Å². The van der Waals surface area contributed by atoms with Gasteiger partial charge in [-0.25, -0.2) is 0 Å². The van der Waals surface area contributed by atoms with E-state index in [0.29, 0.717) is 35.8 Å². The first kappa shape index (κ1) is 26.3. The van der Waals surface area contributed by atoms with Gasteiger partial charge in [-0.2, -0.15) is 0 Å². The monoisotopic (exact) mass is 489 g/mol. The number of carbonyl (C=O) groups excluding carboxylic acids is 3. The lowest BCUT2D eigenvalue weighted by Gasteiger charge is -2.13. The molecule has 0 aliphatic heterocycles. The number of nitrogens with one attached hydrogen (secondary N) is 3. The maximum absolute atomic E-state index is 12.1. The standard InChI is InChI=1S/C24H28ClN3O4S/c1-2-7-21(29)26-18-11-12-19(25)20(16-18)27-24(33)28-22(30)13-14-23(31)32-15-6-10-17-8-4-3-5-9-17/h3-5,8-9,11-12,16H,2,6-7,10,13-15H2,1H3,(H,26,29)(H2,27,28,30,33). The van der Waals surface area contributed by atoms with Crippen LogP contribution in [0.5, 0.6) is 0 Å². The molecule has 3 N–H and O–H groups in total. The minimum absolute atomic E-state index is 0.0372. The van der Waals surface area contributed by atoms with Crippen molar-refractivity contribution in [2.24, 2.45) is 0 Å². The molecule has 0 saturated heterocycles. The van der Waals surface area contributed by atoms with E-state index in [9.17, 15) is 14.4 Å². The van der Waals surface area contributed by atoms with E-state index in [1.54, 1.807) is 18.2 Å². The average Bonchev–Trinajstić information content (AvgIpc) is 2.78. The van der Waals surface area contributed by atoms with Crippen molar-refractivity contribution in [2.75, 3.05) is 17.2 Å². The van der Waals surface area contributed by atoms with Crippen LogP contribution in [0.1, 0.15) is 44.6 Å². The molecular formula is C24H28ClN3O4S. The molecule has 2 aromatic carbocycles. The molecule has 0 bridgehead atoms. The number of benzene rings is 2. The molecule has 0 aromatic heterocycles. The summed E-state index contributed by atoms with van der Waals surface area (Å²) in [6, 6.07) is 14.9. The maximum Gasteiger partial charge on any atom is 0.306 e. The average molecular weight is 490 g/mol. The Balaban J connectivity index is 1.69. The van der Waals surface area contributed by atoms with Gasteiger partial charge in [0.2, 0.25) is 11.8 Å². The van der Waals surface area contributed by atoms with Gasteiger partial charge in [-0.15, -0.1) is 0 Å². The zero-order chi connectivity index (χ0) is 24.1. The lowest BCUT2D eigenvalue weighted by atomic mass is 10.1. The van der Waals surface area contributed by atoms with Crippen molar-refractivity contribution >= 4 is 58.1 Å². The SMILES string of the molecule is CCCC(=O)Nc1ccc(Cl)c(NC(=S)NC(=O)CCC(=O)OCCCc2ccccc2)c1. The summed E-state index contributed by atoms with van der Waals surface area (Å²) in [6.07, 6.45) is 2.59. The minimum atomic E-state index is -0.435. The highest BCUT2D eigenvalue weighted by Gasteiger charge is 2.11. The van der Waals surface area contributed by atoms with Crippen molar-refractivity contribution in [3.63, 3.8) is 0 Å². The molecule has 9 heteroatoms. The summed E-state index contributed by atoms with van der Waals surface area (Å²) in [4.78, 5) is 35.7. The topological polar surface area (TPSA) is 96.5 Å². The number of hydrogen-bond donors (Lipinski definition) is 3. The van der Waals surface area contributed by atoms with Gasteiger partial charge in [0.1, 0.15) is 0 Å². The third-order valence-corrected chi connectivity index (χ3v) is 5.03. The van der Waals surface area contributed by atoms with Gasteiger partial charge in [0.15, 0.2) is 5.11 Å². The van der Waals surface area contributed by atoms with Crippen LogP contribution in [0.4, 0.5) is 11.4 Å². The predicted octanol–water partition coefficient (Wildman–Crippen LogP) is 4.85. The number of halogens is 1. The first-order valence-corrected chi connectivity index (χ1v) is 11.6. The van der Waals surface area contributed by atoms with Crippen LogP contribution in [0, 0.1) is 0 Å². The van der Waals surface area contributed by atoms with Crippen LogP contribution in [0.2, 0.25) is 5.02 Å². The Hall–Kier alpha value is -2.97. The summed E-state index contributed by atoms with van der Waals surface area (Å²) in [5.41, 5.74) is 2.18. The number of amides is 2. The highest BCUT2D eigenvalue weighted by Crippen LogP contribution is 2.25. The minimum Gasteiger partial charge on any atom is -0.466 e. The zero-order valence-corrected chi connectivity index (χ0v) is 20.1. The normalized spacial score (nSPS) is 10.2. The number of esters is 1. The first-order valence-electron chi connectivity index (χ1n) is 10.8. The molecular weight excluding hydrogens is 462 g/mol. The van der Waals surface area contributed by atoms with Gasteiger partial charge in [-0.1, -0.05) is 48.9 Å². The van der Waals surface area contributed by atoms with Crippen molar-refractivity contribution in [3.05, 3.63) is 59.1 Å². The Morgan fingerprint density at radius 3 is 2.45 bits per heavy atom. The fourth-order valence-electron chi connectivity index (χ4n) is 2.89. The van der Waals surface area contributed by atoms with Crippen LogP contribution < -0.4 is 16.0 Å². The Bertz CT molecular complexity index is 969. The predicted molar refractivity (Wildman–Crippen MR) is 134 cm³/mol. The Morgan fingerprint density at radius 2 is 1.73 bits per heavy atom.